The molecular weight excluding hydrogens is 552 g/mol. The van der Waals surface area contributed by atoms with Crippen LogP contribution in [-0.4, -0.2) is 27.8 Å². The van der Waals surface area contributed by atoms with E-state index in [1.807, 2.05) is 0 Å². The van der Waals surface area contributed by atoms with Crippen molar-refractivity contribution in [3.63, 3.8) is 0 Å². The van der Waals surface area contributed by atoms with Gasteiger partial charge in [-0.25, -0.2) is 0 Å². The Labute approximate surface area is 254 Å². The third kappa shape index (κ3) is 17.6. The van der Waals surface area contributed by atoms with Gasteiger partial charge in [0, 0.05) is 0 Å². The summed E-state index contributed by atoms with van der Waals surface area (Å²) < 4.78 is 30.0. The Morgan fingerprint density at radius 1 is 0.410 bits per heavy atom. The van der Waals surface area contributed by atoms with Crippen LogP contribution in [0.4, 0.5) is 0 Å². The fourth-order valence-electron chi connectivity index (χ4n) is 6.62. The summed E-state index contributed by atoms with van der Waals surface area (Å²) in [5.74, 6) is 3.35. The summed E-state index contributed by atoms with van der Waals surface area (Å²) in [7, 11) is -4.62. The van der Waals surface area contributed by atoms with Crippen LogP contribution in [0.15, 0.2) is 0 Å². The molecule has 4 nitrogen and oxygen atoms in total. The molecule has 7 heteroatoms. The zero-order valence-electron chi connectivity index (χ0n) is 29.8. The van der Waals surface area contributed by atoms with Crippen molar-refractivity contribution in [1.29, 1.82) is 0 Å². The molecule has 0 aliphatic heterocycles. The van der Waals surface area contributed by atoms with Crippen molar-refractivity contribution in [3.8, 4) is 0 Å². The molecule has 0 radical (unpaired) electrons. The zero-order valence-corrected chi connectivity index (χ0v) is 33.4. The van der Waals surface area contributed by atoms with E-state index in [2.05, 4.69) is 125 Å². The van der Waals surface area contributed by atoms with Gasteiger partial charge in [0.05, 0.1) is 0 Å². The Hall–Kier alpha value is 0.988. The Morgan fingerprint density at radius 3 is 0.718 bits per heavy atom. The van der Waals surface area contributed by atoms with E-state index >= 15 is 0 Å². The summed E-state index contributed by atoms with van der Waals surface area (Å²) in [6.45, 7) is 41.1. The molecule has 0 aliphatic rings. The van der Waals surface area contributed by atoms with Gasteiger partial charge < -0.3 is 0 Å². The van der Waals surface area contributed by atoms with Gasteiger partial charge in [-0.1, -0.05) is 0 Å². The molecule has 0 rings (SSSR count). The third-order valence-corrected chi connectivity index (χ3v) is 26.0. The van der Waals surface area contributed by atoms with Crippen molar-refractivity contribution in [2.75, 3.05) is 0 Å². The Bertz CT molecular complexity index is 568. The van der Waals surface area contributed by atoms with Crippen LogP contribution in [0.2, 0.25) is 36.3 Å². The predicted molar refractivity (Wildman–Crippen MR) is 173 cm³/mol. The second-order valence-electron chi connectivity index (χ2n) is 17.1. The van der Waals surface area contributed by atoms with E-state index in [0.717, 1.165) is 36.3 Å². The normalized spacial score (nSPS) is 14.8. The molecule has 0 saturated heterocycles. The summed E-state index contributed by atoms with van der Waals surface area (Å²) >= 11 is -4.35. The summed E-state index contributed by atoms with van der Waals surface area (Å²) in [6.07, 6.45) is 0. The summed E-state index contributed by atoms with van der Waals surface area (Å²) in [5.41, 5.74) is -0.848. The van der Waals surface area contributed by atoms with E-state index in [1.165, 1.54) is 0 Å². The molecule has 39 heavy (non-hydrogen) atoms. The van der Waals surface area contributed by atoms with Crippen LogP contribution >= 0.6 is 0 Å². The van der Waals surface area contributed by atoms with Crippen molar-refractivity contribution >= 4 is 16.6 Å². The molecule has 0 unspecified atom stereocenters. The van der Waals surface area contributed by atoms with Gasteiger partial charge in [0.1, 0.15) is 0 Å². The van der Waals surface area contributed by atoms with Gasteiger partial charge in [0.25, 0.3) is 0 Å². The van der Waals surface area contributed by atoms with E-state index < -0.39 is 46.0 Å². The van der Waals surface area contributed by atoms with Gasteiger partial charge in [0.2, 0.25) is 0 Å². The summed E-state index contributed by atoms with van der Waals surface area (Å²) in [5, 5.41) is 0. The standard InChI is InChI=1S/2C12H27OSi.2C4H9O.Ti/c2*1-10(2)7-14(13,8-11(3)4)9-12(5)6;2*1-4(2,3)5;/h2*10-12H,7-9H2,1-6H3;2*1-3H3;/q4*-1;+4. The van der Waals surface area contributed by atoms with Gasteiger partial charge >= 0.3 is 255 Å². The Morgan fingerprint density at radius 2 is 0.590 bits per heavy atom. The van der Waals surface area contributed by atoms with Crippen LogP contribution in [0.1, 0.15) is 125 Å². The van der Waals surface area contributed by atoms with Gasteiger partial charge in [-0.05, 0) is 0 Å². The Kier molecular flexibility index (Phi) is 16.6. The molecule has 236 valence electrons. The molecule has 0 aromatic heterocycles. The van der Waals surface area contributed by atoms with Crippen molar-refractivity contribution in [1.82, 2.24) is 0 Å². The molecule has 0 aliphatic carbocycles. The quantitative estimate of drug-likeness (QED) is 0.142. The van der Waals surface area contributed by atoms with Crippen molar-refractivity contribution in [3.05, 3.63) is 0 Å². The SMILES string of the molecule is CC(C)C[Si](CC(C)C)(CC(C)C)[O][Ti]([O]C(C)(C)C)([O]C(C)(C)C)[O][Si](CC(C)C)(CC(C)C)CC(C)C. The van der Waals surface area contributed by atoms with E-state index in [4.69, 9.17) is 12.7 Å². The van der Waals surface area contributed by atoms with Gasteiger partial charge in [-0.3, -0.25) is 0 Å². The number of hydrogen-bond acceptors (Lipinski definition) is 4. The topological polar surface area (TPSA) is 36.9 Å². The summed E-state index contributed by atoms with van der Waals surface area (Å²) in [6, 6.07) is 6.71. The van der Waals surface area contributed by atoms with E-state index in [-0.39, 0.29) is 0 Å². The first-order chi connectivity index (χ1) is 17.3. The van der Waals surface area contributed by atoms with Crippen LogP contribution in [-0.2, 0) is 30.8 Å². The van der Waals surface area contributed by atoms with Crippen molar-refractivity contribution < 1.29 is 30.8 Å². The average Bonchev–Trinajstić information content (AvgIpc) is 2.52. The molecule has 0 amide bonds. The van der Waals surface area contributed by atoms with E-state index in [0.29, 0.717) is 35.5 Å². The molecule has 0 bridgehead atoms. The minimum atomic E-state index is -4.35. The van der Waals surface area contributed by atoms with Crippen molar-refractivity contribution in [2.24, 2.45) is 35.5 Å². The van der Waals surface area contributed by atoms with Crippen LogP contribution in [0.5, 0.6) is 0 Å². The molecule has 0 atom stereocenters. The number of rotatable bonds is 18. The molecule has 0 aromatic carbocycles. The molecule has 0 heterocycles. The van der Waals surface area contributed by atoms with Crippen LogP contribution < -0.4 is 0 Å². The number of hydrogen-bond donors (Lipinski definition) is 0. The van der Waals surface area contributed by atoms with E-state index in [9.17, 15) is 0 Å². The maximum absolute atomic E-state index is 7.81. The van der Waals surface area contributed by atoms with Gasteiger partial charge in [0.15, 0.2) is 0 Å². The molecule has 0 N–H and O–H groups in total. The zero-order chi connectivity index (χ0) is 31.0. The first-order valence-electron chi connectivity index (χ1n) is 16.1. The van der Waals surface area contributed by atoms with Crippen LogP contribution in [0, 0.1) is 35.5 Å². The second kappa shape index (κ2) is 16.2. The molecule has 0 spiro atoms. The van der Waals surface area contributed by atoms with Crippen molar-refractivity contribution in [2.45, 2.75) is 172 Å². The molecule has 0 fully saturated rings. The Balaban J connectivity index is 7.48. The minimum absolute atomic E-state index is 0.424. The van der Waals surface area contributed by atoms with Gasteiger partial charge in [-0.15, -0.1) is 0 Å². The predicted octanol–water partition coefficient (Wildman–Crippen LogP) is 11.3. The second-order valence-corrected chi connectivity index (χ2v) is 28.8. The first-order valence-corrected chi connectivity index (χ1v) is 23.7. The monoisotopic (exact) mass is 624 g/mol. The fourth-order valence-corrected chi connectivity index (χ4v) is 29.5. The molecular formula is C32H72O4Si2Ti. The van der Waals surface area contributed by atoms with Gasteiger partial charge in [-0.2, -0.15) is 0 Å². The molecule has 0 aromatic rings. The first kappa shape index (κ1) is 40.0. The summed E-state index contributed by atoms with van der Waals surface area (Å²) in [4.78, 5) is 0. The fraction of sp³-hybridized carbons (Fsp3) is 1.00. The third-order valence-electron chi connectivity index (χ3n) is 6.23. The molecule has 0 saturated carbocycles. The van der Waals surface area contributed by atoms with E-state index in [1.54, 1.807) is 0 Å². The van der Waals surface area contributed by atoms with Crippen LogP contribution in [0.25, 0.3) is 0 Å². The maximum atomic E-state index is 7.81. The van der Waals surface area contributed by atoms with Crippen LogP contribution in [0.3, 0.4) is 0 Å². The average molecular weight is 625 g/mol.